The molecule has 0 fully saturated rings. The van der Waals surface area contributed by atoms with Gasteiger partial charge in [-0.15, -0.1) is 0 Å². The maximum absolute atomic E-state index is 12.7. The first-order valence-electron chi connectivity index (χ1n) is 9.01. The lowest BCUT2D eigenvalue weighted by Gasteiger charge is -2.12. The number of rotatable bonds is 6. The van der Waals surface area contributed by atoms with E-state index in [0.29, 0.717) is 0 Å². The average molecular weight is 389 g/mol. The van der Waals surface area contributed by atoms with Crippen molar-refractivity contribution in [1.82, 2.24) is 0 Å². The molecule has 27 heavy (non-hydrogen) atoms. The average Bonchev–Trinajstić information content (AvgIpc) is 2.74. The van der Waals surface area contributed by atoms with Crippen LogP contribution in [0.4, 0.5) is 0 Å². The van der Waals surface area contributed by atoms with Gasteiger partial charge in [0.15, 0.2) is 4.90 Å². The Kier molecular flexibility index (Phi) is 5.83. The van der Waals surface area contributed by atoms with Crippen LogP contribution < -0.4 is 0 Å². The molecule has 0 aliphatic carbocycles. The SMILES string of the molecule is [O-][S+](Sc1ccc(CCc2ccccc2)c2ccccc12)c1ccccc1. The van der Waals surface area contributed by atoms with Gasteiger partial charge in [-0.2, -0.15) is 0 Å². The summed E-state index contributed by atoms with van der Waals surface area (Å²) in [6.07, 6.45) is 2.02. The Balaban J connectivity index is 1.60. The van der Waals surface area contributed by atoms with Crippen molar-refractivity contribution >= 4 is 31.8 Å². The minimum atomic E-state index is -1.11. The van der Waals surface area contributed by atoms with Gasteiger partial charge in [0.2, 0.25) is 0 Å². The summed E-state index contributed by atoms with van der Waals surface area (Å²) in [6.45, 7) is 0. The first-order chi connectivity index (χ1) is 13.3. The highest BCUT2D eigenvalue weighted by atomic mass is 33.1. The summed E-state index contributed by atoms with van der Waals surface area (Å²) in [5, 5.41) is 2.43. The minimum absolute atomic E-state index is 0.847. The molecule has 0 radical (unpaired) electrons. The fourth-order valence-corrected chi connectivity index (χ4v) is 5.79. The lowest BCUT2D eigenvalue weighted by atomic mass is 9.98. The van der Waals surface area contributed by atoms with Crippen molar-refractivity contribution in [3.8, 4) is 0 Å². The molecule has 0 aliphatic rings. The van der Waals surface area contributed by atoms with E-state index in [1.165, 1.54) is 32.7 Å². The Hall–Kier alpha value is -2.20. The molecule has 4 rings (SSSR count). The summed E-state index contributed by atoms with van der Waals surface area (Å²) in [7, 11) is 0.308. The first-order valence-corrected chi connectivity index (χ1v) is 11.5. The minimum Gasteiger partial charge on any atom is -0.600 e. The van der Waals surface area contributed by atoms with Crippen LogP contribution in [0, 0.1) is 0 Å². The Morgan fingerprint density at radius 3 is 2.00 bits per heavy atom. The van der Waals surface area contributed by atoms with E-state index >= 15 is 0 Å². The van der Waals surface area contributed by atoms with Crippen LogP contribution in [0.2, 0.25) is 0 Å². The van der Waals surface area contributed by atoms with Crippen molar-refractivity contribution < 1.29 is 4.55 Å². The summed E-state index contributed by atoms with van der Waals surface area (Å²) < 4.78 is 12.7. The van der Waals surface area contributed by atoms with Crippen molar-refractivity contribution in [2.75, 3.05) is 0 Å². The van der Waals surface area contributed by atoms with Crippen molar-refractivity contribution in [3.63, 3.8) is 0 Å². The standard InChI is InChI=1S/C24H20OS2/c25-27(21-11-5-2-6-12-21)26-24-18-17-20(22-13-7-8-14-23(22)24)16-15-19-9-3-1-4-10-19/h1-14,17-18H,15-16H2. The molecular formula is C24H20OS2. The predicted molar refractivity (Wildman–Crippen MR) is 117 cm³/mol. The van der Waals surface area contributed by atoms with E-state index in [-0.39, 0.29) is 0 Å². The van der Waals surface area contributed by atoms with Crippen LogP contribution in [0.3, 0.4) is 0 Å². The molecule has 0 saturated heterocycles. The predicted octanol–water partition coefficient (Wildman–Crippen LogP) is 6.44. The molecule has 0 saturated carbocycles. The van der Waals surface area contributed by atoms with Gasteiger partial charge in [0.05, 0.1) is 15.1 Å². The fourth-order valence-electron chi connectivity index (χ4n) is 3.21. The van der Waals surface area contributed by atoms with Gasteiger partial charge < -0.3 is 4.55 Å². The quantitative estimate of drug-likeness (QED) is 0.280. The van der Waals surface area contributed by atoms with E-state index in [2.05, 4.69) is 66.7 Å². The third-order valence-corrected chi connectivity index (χ3v) is 7.52. The zero-order valence-corrected chi connectivity index (χ0v) is 16.5. The molecule has 4 aromatic rings. The van der Waals surface area contributed by atoms with Gasteiger partial charge in [-0.25, -0.2) is 0 Å². The Labute approximate surface area is 167 Å². The smallest absolute Gasteiger partial charge is 0.166 e. The monoisotopic (exact) mass is 388 g/mol. The molecule has 1 atom stereocenters. The molecule has 1 nitrogen and oxygen atoms in total. The molecule has 0 aliphatic heterocycles. The maximum atomic E-state index is 12.7. The van der Waals surface area contributed by atoms with Gasteiger partial charge in [-0.05, 0) is 47.6 Å². The van der Waals surface area contributed by atoms with Crippen LogP contribution in [-0.2, 0) is 23.0 Å². The summed E-state index contributed by atoms with van der Waals surface area (Å²) >= 11 is 0. The number of fused-ring (bicyclic) bond motifs is 1. The molecule has 0 spiro atoms. The maximum Gasteiger partial charge on any atom is 0.166 e. The molecule has 134 valence electrons. The number of aryl methyl sites for hydroxylation is 2. The molecule has 4 aromatic carbocycles. The lowest BCUT2D eigenvalue weighted by Crippen LogP contribution is -1.97. The van der Waals surface area contributed by atoms with Crippen LogP contribution >= 0.6 is 10.8 Å². The van der Waals surface area contributed by atoms with E-state index in [9.17, 15) is 4.55 Å². The van der Waals surface area contributed by atoms with Gasteiger partial charge in [0.1, 0.15) is 10.8 Å². The molecule has 0 heterocycles. The van der Waals surface area contributed by atoms with Crippen LogP contribution in [0.25, 0.3) is 10.8 Å². The zero-order chi connectivity index (χ0) is 18.5. The van der Waals surface area contributed by atoms with Gasteiger partial charge in [-0.3, -0.25) is 0 Å². The molecule has 0 amide bonds. The largest absolute Gasteiger partial charge is 0.600 e. The number of benzene rings is 4. The summed E-state index contributed by atoms with van der Waals surface area (Å²) in [6, 6.07) is 33.0. The lowest BCUT2D eigenvalue weighted by molar-refractivity contribution is 0.609. The molecule has 0 N–H and O–H groups in total. The zero-order valence-electron chi connectivity index (χ0n) is 14.9. The van der Waals surface area contributed by atoms with Crippen LogP contribution in [-0.4, -0.2) is 4.55 Å². The third-order valence-electron chi connectivity index (χ3n) is 4.60. The van der Waals surface area contributed by atoms with Crippen molar-refractivity contribution in [1.29, 1.82) is 0 Å². The Morgan fingerprint density at radius 1 is 0.630 bits per heavy atom. The second-order valence-corrected chi connectivity index (χ2v) is 9.34. The van der Waals surface area contributed by atoms with Gasteiger partial charge in [0.25, 0.3) is 0 Å². The molecule has 0 aromatic heterocycles. The number of hydrogen-bond donors (Lipinski definition) is 0. The highest BCUT2D eigenvalue weighted by molar-refractivity contribution is 8.72. The van der Waals surface area contributed by atoms with E-state index in [4.69, 9.17) is 0 Å². The van der Waals surface area contributed by atoms with Crippen molar-refractivity contribution in [3.05, 3.63) is 108 Å². The van der Waals surface area contributed by atoms with Crippen molar-refractivity contribution in [2.45, 2.75) is 22.6 Å². The second kappa shape index (κ2) is 8.66. The topological polar surface area (TPSA) is 23.1 Å². The summed E-state index contributed by atoms with van der Waals surface area (Å²) in [5.74, 6) is 0. The Bertz CT molecular complexity index is 1020. The van der Waals surface area contributed by atoms with Crippen molar-refractivity contribution in [2.24, 2.45) is 0 Å². The van der Waals surface area contributed by atoms with E-state index < -0.39 is 10.2 Å². The normalized spacial score (nSPS) is 12.2. The molecule has 0 bridgehead atoms. The summed E-state index contributed by atoms with van der Waals surface area (Å²) in [4.78, 5) is 1.91. The van der Waals surface area contributed by atoms with E-state index in [0.717, 1.165) is 22.6 Å². The van der Waals surface area contributed by atoms with Crippen LogP contribution in [0.15, 0.2) is 107 Å². The number of hydrogen-bond acceptors (Lipinski definition) is 2. The first kappa shape index (κ1) is 18.2. The van der Waals surface area contributed by atoms with E-state index in [1.54, 1.807) is 0 Å². The van der Waals surface area contributed by atoms with Gasteiger partial charge in [0, 0.05) is 5.39 Å². The van der Waals surface area contributed by atoms with Crippen LogP contribution in [0.5, 0.6) is 0 Å². The Morgan fingerprint density at radius 2 is 1.26 bits per heavy atom. The van der Waals surface area contributed by atoms with Crippen LogP contribution in [0.1, 0.15) is 11.1 Å². The fraction of sp³-hybridized carbons (Fsp3) is 0.0833. The molecule has 3 heteroatoms. The highest BCUT2D eigenvalue weighted by Gasteiger charge is 2.17. The van der Waals surface area contributed by atoms with Gasteiger partial charge >= 0.3 is 0 Å². The highest BCUT2D eigenvalue weighted by Crippen LogP contribution is 2.36. The van der Waals surface area contributed by atoms with Gasteiger partial charge in [-0.1, -0.05) is 78.9 Å². The molecular weight excluding hydrogens is 368 g/mol. The van der Waals surface area contributed by atoms with E-state index in [1.807, 2.05) is 30.3 Å². The molecule has 1 unspecified atom stereocenters. The summed E-state index contributed by atoms with van der Waals surface area (Å²) in [5.41, 5.74) is 2.69. The third kappa shape index (κ3) is 4.38. The second-order valence-electron chi connectivity index (χ2n) is 6.39.